The number of benzene rings is 2. The van der Waals surface area contributed by atoms with Crippen LogP contribution >= 0.6 is 0 Å². The first kappa shape index (κ1) is 16.0. The van der Waals surface area contributed by atoms with E-state index in [1.165, 1.54) is 5.39 Å². The number of nitrogens with zero attached hydrogens (tertiary/aromatic N) is 1. The summed E-state index contributed by atoms with van der Waals surface area (Å²) in [6.07, 6.45) is 0.703. The molecule has 2 unspecified atom stereocenters. The highest BCUT2D eigenvalue weighted by Crippen LogP contribution is 2.25. The predicted octanol–water partition coefficient (Wildman–Crippen LogP) is 4.24. The maximum Gasteiger partial charge on any atom is 0.0922 e. The Kier molecular flexibility index (Phi) is 5.38. The van der Waals surface area contributed by atoms with Gasteiger partial charge in [-0.25, -0.2) is 0 Å². The molecule has 0 saturated heterocycles. The van der Waals surface area contributed by atoms with Crippen LogP contribution < -0.4 is 0 Å². The molecule has 0 heterocycles. The van der Waals surface area contributed by atoms with Crippen molar-refractivity contribution in [2.75, 3.05) is 13.6 Å². The molecule has 0 saturated carbocycles. The lowest BCUT2D eigenvalue weighted by molar-refractivity contribution is 0.103. The highest BCUT2D eigenvalue weighted by molar-refractivity contribution is 5.85. The van der Waals surface area contributed by atoms with E-state index < -0.39 is 6.10 Å². The first-order valence-electron chi connectivity index (χ1n) is 7.85. The van der Waals surface area contributed by atoms with E-state index in [1.807, 2.05) is 24.3 Å². The third-order valence-corrected chi connectivity index (χ3v) is 4.21. The fourth-order valence-electron chi connectivity index (χ4n) is 2.95. The molecule has 2 aromatic rings. The molecule has 2 heteroatoms. The Morgan fingerprint density at radius 2 is 1.67 bits per heavy atom. The van der Waals surface area contributed by atoms with Crippen molar-refractivity contribution >= 4 is 10.8 Å². The molecule has 0 aliphatic heterocycles. The van der Waals surface area contributed by atoms with Crippen LogP contribution in [0.1, 0.15) is 38.9 Å². The molecule has 0 aliphatic carbocycles. The molecule has 0 amide bonds. The lowest BCUT2D eigenvalue weighted by atomic mass is 9.99. The summed E-state index contributed by atoms with van der Waals surface area (Å²) in [5, 5.41) is 13.0. The van der Waals surface area contributed by atoms with E-state index in [2.05, 4.69) is 50.9 Å². The highest BCUT2D eigenvalue weighted by Gasteiger charge is 2.17. The summed E-state index contributed by atoms with van der Waals surface area (Å²) < 4.78 is 0. The van der Waals surface area contributed by atoms with Gasteiger partial charge in [-0.05, 0) is 42.6 Å². The fourth-order valence-corrected chi connectivity index (χ4v) is 2.95. The first-order chi connectivity index (χ1) is 9.99. The molecule has 0 radical (unpaired) electrons. The number of rotatable bonds is 6. The lowest BCUT2D eigenvalue weighted by Gasteiger charge is -2.28. The number of aliphatic hydroxyl groups is 1. The van der Waals surface area contributed by atoms with Crippen LogP contribution in [0.15, 0.2) is 42.5 Å². The summed E-state index contributed by atoms with van der Waals surface area (Å²) in [7, 11) is 2.10. The van der Waals surface area contributed by atoms with E-state index >= 15 is 0 Å². The van der Waals surface area contributed by atoms with Crippen molar-refractivity contribution in [3.63, 3.8) is 0 Å². The molecule has 0 aliphatic rings. The number of fused-ring (bicyclic) bond motifs is 1. The Morgan fingerprint density at radius 1 is 1.00 bits per heavy atom. The first-order valence-corrected chi connectivity index (χ1v) is 7.85. The summed E-state index contributed by atoms with van der Waals surface area (Å²) >= 11 is 0. The van der Waals surface area contributed by atoms with Crippen molar-refractivity contribution in [1.29, 1.82) is 0 Å². The summed E-state index contributed by atoms with van der Waals surface area (Å²) in [5.41, 5.74) is 1.02. The van der Waals surface area contributed by atoms with Gasteiger partial charge in [-0.3, -0.25) is 0 Å². The molecule has 2 aromatic carbocycles. The van der Waals surface area contributed by atoms with Crippen molar-refractivity contribution in [3.8, 4) is 0 Å². The zero-order chi connectivity index (χ0) is 15.4. The van der Waals surface area contributed by atoms with E-state index in [-0.39, 0.29) is 0 Å². The number of likely N-dealkylation sites (N-methyl/N-ethyl adjacent to an activating group) is 1. The van der Waals surface area contributed by atoms with Gasteiger partial charge in [0.1, 0.15) is 0 Å². The van der Waals surface area contributed by atoms with Crippen LogP contribution in [0.4, 0.5) is 0 Å². The molecule has 0 fully saturated rings. The average Bonchev–Trinajstić information content (AvgIpc) is 2.45. The molecule has 0 spiro atoms. The lowest BCUT2D eigenvalue weighted by Crippen LogP contribution is -2.33. The van der Waals surface area contributed by atoms with Crippen LogP contribution in [-0.4, -0.2) is 29.6 Å². The highest BCUT2D eigenvalue weighted by atomic mass is 16.3. The van der Waals surface area contributed by atoms with Gasteiger partial charge in [-0.15, -0.1) is 0 Å². The molecule has 0 aromatic heterocycles. The van der Waals surface area contributed by atoms with E-state index in [4.69, 9.17) is 0 Å². The van der Waals surface area contributed by atoms with Gasteiger partial charge < -0.3 is 10.0 Å². The predicted molar refractivity (Wildman–Crippen MR) is 90.5 cm³/mol. The van der Waals surface area contributed by atoms with E-state index in [0.29, 0.717) is 18.5 Å². The topological polar surface area (TPSA) is 23.5 Å². The summed E-state index contributed by atoms with van der Waals surface area (Å²) in [4.78, 5) is 2.26. The molecule has 0 bridgehead atoms. The van der Waals surface area contributed by atoms with Gasteiger partial charge in [0, 0.05) is 12.6 Å². The second-order valence-electron chi connectivity index (χ2n) is 6.50. The Labute approximate surface area is 128 Å². The Hall–Kier alpha value is -1.38. The minimum atomic E-state index is -0.448. The average molecular weight is 285 g/mol. The Bertz CT molecular complexity index is 573. The van der Waals surface area contributed by atoms with Crippen LogP contribution in [0, 0.1) is 5.92 Å². The third kappa shape index (κ3) is 4.05. The van der Waals surface area contributed by atoms with Gasteiger partial charge in [-0.2, -0.15) is 0 Å². The molecule has 2 atom stereocenters. The van der Waals surface area contributed by atoms with Gasteiger partial charge in [-0.1, -0.05) is 56.3 Å². The largest absolute Gasteiger partial charge is 0.387 e. The summed E-state index contributed by atoms with van der Waals surface area (Å²) in [6.45, 7) is 7.38. The van der Waals surface area contributed by atoms with Gasteiger partial charge in [0.15, 0.2) is 0 Å². The van der Waals surface area contributed by atoms with Crippen molar-refractivity contribution in [2.24, 2.45) is 5.92 Å². The molecule has 114 valence electrons. The van der Waals surface area contributed by atoms with Gasteiger partial charge in [0.25, 0.3) is 0 Å². The Morgan fingerprint density at radius 3 is 2.38 bits per heavy atom. The maximum absolute atomic E-state index is 10.6. The smallest absolute Gasteiger partial charge is 0.0922 e. The maximum atomic E-state index is 10.6. The van der Waals surface area contributed by atoms with Crippen LogP contribution in [0.2, 0.25) is 0 Å². The quantitative estimate of drug-likeness (QED) is 0.858. The molecule has 21 heavy (non-hydrogen) atoms. The third-order valence-electron chi connectivity index (χ3n) is 4.21. The van der Waals surface area contributed by atoms with Crippen molar-refractivity contribution in [3.05, 3.63) is 48.0 Å². The molecule has 2 rings (SSSR count). The standard InChI is InChI=1S/C19H27NO/c1-14(2)12-15(3)20(4)13-19(21)18-11-7-9-16-8-5-6-10-17(16)18/h5-11,14-15,19,21H,12-13H2,1-4H3. The van der Waals surface area contributed by atoms with Crippen molar-refractivity contribution in [2.45, 2.75) is 39.3 Å². The Balaban J connectivity index is 2.13. The number of hydrogen-bond donors (Lipinski definition) is 1. The molecule has 2 nitrogen and oxygen atoms in total. The SMILES string of the molecule is CC(C)CC(C)N(C)CC(O)c1cccc2ccccc12. The van der Waals surface area contributed by atoms with Crippen LogP contribution in [0.25, 0.3) is 10.8 Å². The van der Waals surface area contributed by atoms with Crippen LogP contribution in [0.3, 0.4) is 0 Å². The van der Waals surface area contributed by atoms with Gasteiger partial charge in [0.2, 0.25) is 0 Å². The van der Waals surface area contributed by atoms with E-state index in [9.17, 15) is 5.11 Å². The summed E-state index contributed by atoms with van der Waals surface area (Å²) in [6, 6.07) is 14.9. The van der Waals surface area contributed by atoms with Gasteiger partial charge in [0.05, 0.1) is 6.10 Å². The monoisotopic (exact) mass is 285 g/mol. The molecule has 1 N–H and O–H groups in total. The van der Waals surface area contributed by atoms with Crippen molar-refractivity contribution in [1.82, 2.24) is 4.90 Å². The van der Waals surface area contributed by atoms with Crippen LogP contribution in [-0.2, 0) is 0 Å². The minimum Gasteiger partial charge on any atom is -0.387 e. The summed E-state index contributed by atoms with van der Waals surface area (Å²) in [5.74, 6) is 0.678. The van der Waals surface area contributed by atoms with Gasteiger partial charge >= 0.3 is 0 Å². The second kappa shape index (κ2) is 7.06. The number of aliphatic hydroxyl groups excluding tert-OH is 1. The van der Waals surface area contributed by atoms with E-state index in [1.54, 1.807) is 0 Å². The minimum absolute atomic E-state index is 0.448. The molecular formula is C19H27NO. The fraction of sp³-hybridized carbons (Fsp3) is 0.474. The van der Waals surface area contributed by atoms with Crippen LogP contribution in [0.5, 0.6) is 0 Å². The van der Waals surface area contributed by atoms with E-state index in [0.717, 1.165) is 17.4 Å². The second-order valence-corrected chi connectivity index (χ2v) is 6.50. The van der Waals surface area contributed by atoms with Crippen molar-refractivity contribution < 1.29 is 5.11 Å². The normalized spacial score (nSPS) is 14.8. The molecular weight excluding hydrogens is 258 g/mol. The zero-order valence-electron chi connectivity index (χ0n) is 13.6. The number of hydrogen-bond acceptors (Lipinski definition) is 2. The zero-order valence-corrected chi connectivity index (χ0v) is 13.6.